The number of hydrogen-bond acceptors (Lipinski definition) is 5. The fourth-order valence-electron chi connectivity index (χ4n) is 7.02. The molecule has 0 heterocycles. The van der Waals surface area contributed by atoms with Gasteiger partial charge in [0.25, 0.3) is 0 Å². The van der Waals surface area contributed by atoms with Gasteiger partial charge in [-0.2, -0.15) is 0 Å². The molecule has 0 fully saturated rings. The summed E-state index contributed by atoms with van der Waals surface area (Å²) in [6, 6.07) is 41.6. The van der Waals surface area contributed by atoms with Crippen LogP contribution in [0.1, 0.15) is 48.1 Å². The first-order valence-corrected chi connectivity index (χ1v) is 18.7. The first kappa shape index (κ1) is 38.0. The molecule has 0 saturated heterocycles. The van der Waals surface area contributed by atoms with Crippen molar-refractivity contribution >= 4 is 18.0 Å². The number of hydrogen-bond donors (Lipinski definition) is 2. The van der Waals surface area contributed by atoms with Crippen LogP contribution in [0.25, 0.3) is 11.1 Å². The Labute approximate surface area is 317 Å². The Kier molecular flexibility index (Phi) is 12.6. The third kappa shape index (κ3) is 10.0. The summed E-state index contributed by atoms with van der Waals surface area (Å²) in [6.07, 6.45) is 1.92. The molecule has 2 N–H and O–H groups in total. The van der Waals surface area contributed by atoms with Gasteiger partial charge in [0.2, 0.25) is 0 Å². The molecule has 6 rings (SSSR count). The van der Waals surface area contributed by atoms with Crippen LogP contribution >= 0.6 is 0 Å². The second-order valence-electron chi connectivity index (χ2n) is 14.5. The Hall–Kier alpha value is -5.73. The molecule has 2 atom stereocenters. The Morgan fingerprint density at radius 1 is 0.704 bits per heavy atom. The number of aryl methyl sites for hydroxylation is 2. The average Bonchev–Trinajstić information content (AvgIpc) is 3.65. The number of amides is 2. The van der Waals surface area contributed by atoms with Crippen LogP contribution in [0.3, 0.4) is 0 Å². The first-order valence-electron chi connectivity index (χ1n) is 18.7. The predicted molar refractivity (Wildman–Crippen MR) is 210 cm³/mol. The Morgan fingerprint density at radius 2 is 1.28 bits per heavy atom. The van der Waals surface area contributed by atoms with E-state index >= 15 is 0 Å². The number of fused-ring (bicyclic) bond motifs is 1. The van der Waals surface area contributed by atoms with Gasteiger partial charge in [-0.15, -0.1) is 0 Å². The normalized spacial score (nSPS) is 13.8. The number of carbonyl (C=O) groups is 3. The summed E-state index contributed by atoms with van der Waals surface area (Å²) in [6.45, 7) is 4.15. The van der Waals surface area contributed by atoms with Crippen molar-refractivity contribution in [1.29, 1.82) is 0 Å². The minimum absolute atomic E-state index is 0.00265. The van der Waals surface area contributed by atoms with Gasteiger partial charge < -0.3 is 24.8 Å². The monoisotopic (exact) mass is 724 g/mol. The molecule has 1 aliphatic carbocycles. The third-order valence-electron chi connectivity index (χ3n) is 9.78. The average molecular weight is 725 g/mol. The van der Waals surface area contributed by atoms with E-state index in [9.17, 15) is 19.5 Å². The highest BCUT2D eigenvalue weighted by Crippen LogP contribution is 2.27. The maximum absolute atomic E-state index is 14.5. The summed E-state index contributed by atoms with van der Waals surface area (Å²) in [5, 5.41) is 13.9. The molecular formula is C46H48N2O6. The number of nitrogens with one attached hydrogen (secondary N) is 1. The van der Waals surface area contributed by atoms with Crippen molar-refractivity contribution in [3.05, 3.63) is 161 Å². The second-order valence-corrected chi connectivity index (χ2v) is 14.5. The lowest BCUT2D eigenvalue weighted by atomic mass is 9.84. The molecule has 0 aromatic heterocycles. The third-order valence-corrected chi connectivity index (χ3v) is 9.78. The van der Waals surface area contributed by atoms with E-state index in [4.69, 9.17) is 9.47 Å². The van der Waals surface area contributed by atoms with Crippen LogP contribution in [0, 0.1) is 5.92 Å². The molecule has 2 amide bonds. The lowest BCUT2D eigenvalue weighted by Gasteiger charge is -2.35. The van der Waals surface area contributed by atoms with Crippen LogP contribution in [0.2, 0.25) is 0 Å². The van der Waals surface area contributed by atoms with Crippen molar-refractivity contribution < 1.29 is 29.0 Å². The number of carboxylic acid groups (broad SMARTS) is 1. The zero-order valence-corrected chi connectivity index (χ0v) is 30.9. The second kappa shape index (κ2) is 17.9. The van der Waals surface area contributed by atoms with Gasteiger partial charge in [-0.25, -0.2) is 14.4 Å². The number of carboxylic acids is 1. The largest absolute Gasteiger partial charge is 0.479 e. The minimum Gasteiger partial charge on any atom is -0.479 e. The fourth-order valence-corrected chi connectivity index (χ4v) is 7.02. The van der Waals surface area contributed by atoms with Crippen LogP contribution in [0.5, 0.6) is 5.75 Å². The molecule has 0 aliphatic heterocycles. The van der Waals surface area contributed by atoms with E-state index in [-0.39, 0.29) is 38.5 Å². The highest BCUT2D eigenvalue weighted by Gasteiger charge is 2.42. The summed E-state index contributed by atoms with van der Waals surface area (Å²) in [7, 11) is 0. The van der Waals surface area contributed by atoms with Crippen LogP contribution in [0.15, 0.2) is 133 Å². The van der Waals surface area contributed by atoms with Crippen LogP contribution < -0.4 is 10.1 Å². The van der Waals surface area contributed by atoms with Crippen LogP contribution in [-0.4, -0.2) is 52.7 Å². The van der Waals surface area contributed by atoms with E-state index in [1.54, 1.807) is 6.07 Å². The van der Waals surface area contributed by atoms with Gasteiger partial charge >= 0.3 is 18.0 Å². The van der Waals surface area contributed by atoms with E-state index in [0.717, 1.165) is 47.1 Å². The maximum atomic E-state index is 14.5. The molecule has 54 heavy (non-hydrogen) atoms. The van der Waals surface area contributed by atoms with Crippen molar-refractivity contribution in [2.75, 3.05) is 13.1 Å². The summed E-state index contributed by atoms with van der Waals surface area (Å²) >= 11 is 0. The van der Waals surface area contributed by atoms with E-state index in [0.29, 0.717) is 5.75 Å². The zero-order chi connectivity index (χ0) is 37.9. The number of nitrogens with zero attached hydrogens (tertiary/aromatic N) is 1. The number of ether oxygens (including phenoxy) is 2. The topological polar surface area (TPSA) is 105 Å². The van der Waals surface area contributed by atoms with Crippen molar-refractivity contribution in [1.82, 2.24) is 10.2 Å². The van der Waals surface area contributed by atoms with E-state index < -0.39 is 29.6 Å². The maximum Gasteiger partial charge on any atom is 0.342 e. The molecule has 0 radical (unpaired) electrons. The van der Waals surface area contributed by atoms with E-state index in [1.165, 1.54) is 16.0 Å². The lowest BCUT2D eigenvalue weighted by molar-refractivity contribution is -0.149. The van der Waals surface area contributed by atoms with E-state index in [1.807, 2.05) is 141 Å². The number of carbonyl (C=O) groups excluding carboxylic acids is 2. The van der Waals surface area contributed by atoms with Crippen molar-refractivity contribution in [3.63, 3.8) is 0 Å². The number of urea groups is 1. The van der Waals surface area contributed by atoms with Gasteiger partial charge in [-0.3, -0.25) is 0 Å². The molecule has 5 aromatic carbocycles. The number of aliphatic carboxylic acids is 1. The molecular weight excluding hydrogens is 677 g/mol. The quantitative estimate of drug-likeness (QED) is 0.0784. The van der Waals surface area contributed by atoms with Gasteiger partial charge in [-0.1, -0.05) is 135 Å². The van der Waals surface area contributed by atoms with Gasteiger partial charge in [0.05, 0.1) is 13.2 Å². The molecule has 8 heteroatoms. The van der Waals surface area contributed by atoms with Crippen molar-refractivity contribution in [3.8, 4) is 16.9 Å². The molecule has 1 unspecified atom stereocenters. The molecule has 5 aromatic rings. The van der Waals surface area contributed by atoms with Crippen LogP contribution in [-0.2, 0) is 46.6 Å². The smallest absolute Gasteiger partial charge is 0.342 e. The van der Waals surface area contributed by atoms with Crippen molar-refractivity contribution in [2.24, 2.45) is 5.92 Å². The molecule has 1 aliphatic rings. The van der Waals surface area contributed by atoms with Gasteiger partial charge in [0.15, 0.2) is 6.10 Å². The van der Waals surface area contributed by atoms with E-state index in [2.05, 4.69) is 5.32 Å². The molecule has 8 nitrogen and oxygen atoms in total. The number of rotatable bonds is 16. The SMILES string of the molecule is CC(C)CN(CC(OCc1ccccc1)C(=O)Oc1ccc2c(c1)CCC2)C(=O)N[C@@](Cc1ccccc1)(Cc1ccc(-c2ccccc2)cc1)C(=O)O. The Bertz CT molecular complexity index is 2000. The van der Waals surface area contributed by atoms with Crippen molar-refractivity contribution in [2.45, 2.75) is 64.2 Å². The zero-order valence-electron chi connectivity index (χ0n) is 30.9. The molecule has 0 saturated carbocycles. The number of esters is 1. The minimum atomic E-state index is -1.72. The first-order chi connectivity index (χ1) is 26.2. The standard InChI is InChI=1S/C46H48N2O6/c1-33(2)30-48(31-42(53-32-36-15-8-4-9-16-36)43(49)54-41-26-25-38-19-12-20-40(38)27-41)45(52)47-46(44(50)51,28-34-13-6-3-7-14-34)29-35-21-23-39(24-22-35)37-17-10-5-11-18-37/h3-11,13-18,21-27,33,42H,12,19-20,28-32H2,1-2H3,(H,47,52)(H,50,51)/t42?,46-/m0/s1. The van der Waals surface area contributed by atoms with Gasteiger partial charge in [0.1, 0.15) is 11.3 Å². The highest BCUT2D eigenvalue weighted by molar-refractivity contribution is 5.87. The molecule has 278 valence electrons. The number of benzene rings is 5. The highest BCUT2D eigenvalue weighted by atomic mass is 16.6. The Morgan fingerprint density at radius 3 is 1.91 bits per heavy atom. The molecule has 0 spiro atoms. The van der Waals surface area contributed by atoms with Gasteiger partial charge in [-0.05, 0) is 76.3 Å². The van der Waals surface area contributed by atoms with Gasteiger partial charge in [0, 0.05) is 19.4 Å². The van der Waals surface area contributed by atoms with Crippen LogP contribution in [0.4, 0.5) is 4.79 Å². The predicted octanol–water partition coefficient (Wildman–Crippen LogP) is 8.31. The summed E-state index contributed by atoms with van der Waals surface area (Å²) in [5.41, 5.74) is 5.14. The summed E-state index contributed by atoms with van der Waals surface area (Å²) in [4.78, 5) is 43.3. The fraction of sp³-hybridized carbons (Fsp3) is 0.283. The Balaban J connectivity index is 1.28. The lowest BCUT2D eigenvalue weighted by Crippen LogP contribution is -2.61. The summed E-state index contributed by atoms with van der Waals surface area (Å²) < 4.78 is 12.1. The molecule has 0 bridgehead atoms. The summed E-state index contributed by atoms with van der Waals surface area (Å²) in [5.74, 6) is -1.36.